The van der Waals surface area contributed by atoms with Crippen LogP contribution in [-0.2, 0) is 6.54 Å². The number of nitrogens with one attached hydrogen (secondary N) is 2. The maximum absolute atomic E-state index is 12.3. The number of aromatic nitrogens is 2. The van der Waals surface area contributed by atoms with Crippen LogP contribution >= 0.6 is 0 Å². The molecule has 0 radical (unpaired) electrons. The first-order valence-electron chi connectivity index (χ1n) is 6.94. The molecule has 0 atom stereocenters. The van der Waals surface area contributed by atoms with Gasteiger partial charge in [0.05, 0.1) is 12.2 Å². The molecule has 0 aromatic carbocycles. The van der Waals surface area contributed by atoms with Crippen LogP contribution in [-0.4, -0.2) is 34.5 Å². The summed E-state index contributed by atoms with van der Waals surface area (Å²) >= 11 is 0. The number of H-pyrrole nitrogens is 2. The first-order valence-corrected chi connectivity index (χ1v) is 6.94. The predicted molar refractivity (Wildman–Crippen MR) is 73.9 cm³/mol. The fourth-order valence-corrected chi connectivity index (χ4v) is 2.83. The second-order valence-corrected chi connectivity index (χ2v) is 5.61. The molecule has 1 saturated carbocycles. The topological polar surface area (TPSA) is 89.3 Å². The van der Waals surface area contributed by atoms with Crippen molar-refractivity contribution >= 4 is 11.7 Å². The van der Waals surface area contributed by atoms with E-state index in [1.807, 2.05) is 0 Å². The molecule has 7 nitrogen and oxygen atoms in total. The van der Waals surface area contributed by atoms with Gasteiger partial charge in [0.15, 0.2) is 0 Å². The number of aromatic amines is 2. The molecule has 2 aliphatic rings. The van der Waals surface area contributed by atoms with Crippen LogP contribution < -0.4 is 16.1 Å². The van der Waals surface area contributed by atoms with Crippen LogP contribution in [0, 0.1) is 5.92 Å². The molecule has 20 heavy (non-hydrogen) atoms. The van der Waals surface area contributed by atoms with Crippen molar-refractivity contribution in [3.63, 3.8) is 0 Å². The van der Waals surface area contributed by atoms with Gasteiger partial charge in [-0.1, -0.05) is 19.3 Å². The summed E-state index contributed by atoms with van der Waals surface area (Å²) in [6.07, 6.45) is 4.56. The Morgan fingerprint density at radius 2 is 1.95 bits per heavy atom. The minimum absolute atomic E-state index is 0.186. The number of anilines is 1. The summed E-state index contributed by atoms with van der Waals surface area (Å²) in [7, 11) is 1.67. The summed E-state index contributed by atoms with van der Waals surface area (Å²) in [5, 5.41) is 0. The second kappa shape index (κ2) is 4.81. The fraction of sp³-hybridized carbons (Fsp3) is 0.615. The Morgan fingerprint density at radius 1 is 1.20 bits per heavy atom. The monoisotopic (exact) mass is 278 g/mol. The van der Waals surface area contributed by atoms with E-state index in [9.17, 15) is 14.4 Å². The lowest BCUT2D eigenvalue weighted by Crippen LogP contribution is -2.50. The summed E-state index contributed by atoms with van der Waals surface area (Å²) in [5.41, 5.74) is -0.212. The van der Waals surface area contributed by atoms with Gasteiger partial charge in [-0.2, -0.15) is 0 Å². The molecule has 1 aliphatic carbocycles. The van der Waals surface area contributed by atoms with Crippen molar-refractivity contribution in [2.24, 2.45) is 5.92 Å². The van der Waals surface area contributed by atoms with Gasteiger partial charge in [-0.05, 0) is 12.3 Å². The number of nitrogens with zero attached hydrogens (tertiary/aromatic N) is 2. The van der Waals surface area contributed by atoms with E-state index < -0.39 is 11.2 Å². The Kier molecular flexibility index (Phi) is 3.11. The maximum atomic E-state index is 12.3. The van der Waals surface area contributed by atoms with Crippen LogP contribution in [0.15, 0.2) is 9.59 Å². The van der Waals surface area contributed by atoms with Crippen molar-refractivity contribution in [1.82, 2.24) is 14.9 Å². The smallest absolute Gasteiger partial charge is 0.322 e. The standard InChI is InChI=1S/C13H18N4O3/c1-16-7-9-10(11(18)15-12(19)14-9)17(13(16)20)6-5-8-3-2-4-8/h8H,2-7H2,1H3,(H2,14,15,18,19). The first-order chi connectivity index (χ1) is 9.56. The Balaban J connectivity index is 1.93. The van der Waals surface area contributed by atoms with Crippen LogP contribution in [0.1, 0.15) is 31.4 Å². The number of amides is 2. The van der Waals surface area contributed by atoms with E-state index >= 15 is 0 Å². The zero-order valence-corrected chi connectivity index (χ0v) is 11.4. The summed E-state index contributed by atoms with van der Waals surface area (Å²) < 4.78 is 0. The molecule has 108 valence electrons. The first kappa shape index (κ1) is 13.0. The molecule has 1 aromatic rings. The molecule has 0 unspecified atom stereocenters. The molecule has 0 saturated heterocycles. The fourth-order valence-electron chi connectivity index (χ4n) is 2.83. The average molecular weight is 278 g/mol. The summed E-state index contributed by atoms with van der Waals surface area (Å²) in [4.78, 5) is 43.4. The van der Waals surface area contributed by atoms with Gasteiger partial charge in [0.2, 0.25) is 0 Å². The maximum Gasteiger partial charge on any atom is 0.326 e. The van der Waals surface area contributed by atoms with Crippen molar-refractivity contribution in [3.05, 3.63) is 26.5 Å². The van der Waals surface area contributed by atoms with E-state index in [4.69, 9.17) is 0 Å². The number of rotatable bonds is 3. The van der Waals surface area contributed by atoms with Crippen molar-refractivity contribution < 1.29 is 4.79 Å². The van der Waals surface area contributed by atoms with Gasteiger partial charge in [0.25, 0.3) is 5.56 Å². The Hall–Kier alpha value is -2.05. The highest BCUT2D eigenvalue weighted by Gasteiger charge is 2.32. The number of carbonyl (C=O) groups is 1. The van der Waals surface area contributed by atoms with Crippen LogP contribution in [0.4, 0.5) is 10.5 Å². The Bertz CT molecular complexity index is 644. The molecule has 7 heteroatoms. The third kappa shape index (κ3) is 2.13. The van der Waals surface area contributed by atoms with Gasteiger partial charge in [-0.15, -0.1) is 0 Å². The van der Waals surface area contributed by atoms with Crippen molar-refractivity contribution in [3.8, 4) is 0 Å². The van der Waals surface area contributed by atoms with E-state index in [0.717, 1.165) is 6.42 Å². The highest BCUT2D eigenvalue weighted by atomic mass is 16.2. The van der Waals surface area contributed by atoms with Gasteiger partial charge in [0, 0.05) is 13.6 Å². The lowest BCUT2D eigenvalue weighted by molar-refractivity contribution is 0.207. The minimum atomic E-state index is -0.532. The minimum Gasteiger partial charge on any atom is -0.322 e. The van der Waals surface area contributed by atoms with E-state index in [2.05, 4.69) is 9.97 Å². The molecule has 3 rings (SSSR count). The van der Waals surface area contributed by atoms with E-state index in [1.165, 1.54) is 29.1 Å². The van der Waals surface area contributed by atoms with Gasteiger partial charge < -0.3 is 9.88 Å². The van der Waals surface area contributed by atoms with E-state index in [-0.39, 0.29) is 12.6 Å². The van der Waals surface area contributed by atoms with Crippen molar-refractivity contribution in [2.45, 2.75) is 32.2 Å². The van der Waals surface area contributed by atoms with Crippen molar-refractivity contribution in [1.29, 1.82) is 0 Å². The number of urea groups is 1. The molecule has 1 fully saturated rings. The van der Waals surface area contributed by atoms with Gasteiger partial charge in [0.1, 0.15) is 5.69 Å². The largest absolute Gasteiger partial charge is 0.326 e. The number of hydrogen-bond donors (Lipinski definition) is 2. The third-order valence-electron chi connectivity index (χ3n) is 4.20. The summed E-state index contributed by atoms with van der Waals surface area (Å²) in [6.45, 7) is 0.781. The highest BCUT2D eigenvalue weighted by Crippen LogP contribution is 2.31. The Labute approximate surface area is 115 Å². The zero-order chi connectivity index (χ0) is 14.3. The molecular formula is C13H18N4O3. The van der Waals surface area contributed by atoms with Crippen LogP contribution in [0.3, 0.4) is 0 Å². The average Bonchev–Trinajstić information content (AvgIpc) is 2.31. The van der Waals surface area contributed by atoms with Crippen LogP contribution in [0.2, 0.25) is 0 Å². The SMILES string of the molecule is CN1Cc2[nH]c(=O)[nH]c(=O)c2N(CCC2CCC2)C1=O. The molecule has 2 heterocycles. The summed E-state index contributed by atoms with van der Waals surface area (Å²) in [5.74, 6) is 0.653. The van der Waals surface area contributed by atoms with Crippen molar-refractivity contribution in [2.75, 3.05) is 18.5 Å². The normalized spacial score (nSPS) is 18.9. The van der Waals surface area contributed by atoms with Gasteiger partial charge >= 0.3 is 11.7 Å². The van der Waals surface area contributed by atoms with Gasteiger partial charge in [-0.25, -0.2) is 9.59 Å². The number of hydrogen-bond acceptors (Lipinski definition) is 3. The van der Waals surface area contributed by atoms with E-state index in [1.54, 1.807) is 7.05 Å². The lowest BCUT2D eigenvalue weighted by Gasteiger charge is -2.35. The number of fused-ring (bicyclic) bond motifs is 1. The van der Waals surface area contributed by atoms with Gasteiger partial charge in [-0.3, -0.25) is 14.7 Å². The van der Waals surface area contributed by atoms with Crippen LogP contribution in [0.25, 0.3) is 0 Å². The van der Waals surface area contributed by atoms with Crippen LogP contribution in [0.5, 0.6) is 0 Å². The molecule has 0 bridgehead atoms. The molecule has 1 aromatic heterocycles. The molecular weight excluding hydrogens is 260 g/mol. The predicted octanol–water partition coefficient (Wildman–Crippen LogP) is 0.625. The van der Waals surface area contributed by atoms with E-state index in [0.29, 0.717) is 23.8 Å². The molecule has 2 N–H and O–H groups in total. The quantitative estimate of drug-likeness (QED) is 0.849. The summed E-state index contributed by atoms with van der Waals surface area (Å²) in [6, 6.07) is -0.186. The lowest BCUT2D eigenvalue weighted by atomic mass is 9.83. The molecule has 0 spiro atoms. The Morgan fingerprint density at radius 3 is 2.60 bits per heavy atom. The second-order valence-electron chi connectivity index (χ2n) is 5.61. The molecule has 1 aliphatic heterocycles. The molecule has 2 amide bonds. The third-order valence-corrected chi connectivity index (χ3v) is 4.20. The highest BCUT2D eigenvalue weighted by molar-refractivity contribution is 5.94. The number of carbonyl (C=O) groups excluding carboxylic acids is 1. The zero-order valence-electron chi connectivity index (χ0n) is 11.4.